The van der Waals surface area contributed by atoms with Crippen molar-refractivity contribution in [1.29, 1.82) is 0 Å². The summed E-state index contributed by atoms with van der Waals surface area (Å²) in [6, 6.07) is 91.6. The summed E-state index contributed by atoms with van der Waals surface area (Å²) in [5.41, 5.74) is 16.7. The third-order valence-corrected chi connectivity index (χ3v) is 14.1. The Morgan fingerprint density at radius 2 is 0.956 bits per heavy atom. The molecule has 320 valence electrons. The van der Waals surface area contributed by atoms with E-state index >= 15 is 0 Å². The molecule has 0 N–H and O–H groups in total. The molecule has 1 heterocycles. The predicted molar refractivity (Wildman–Crippen MR) is 289 cm³/mol. The van der Waals surface area contributed by atoms with E-state index in [1.807, 2.05) is 0 Å². The summed E-state index contributed by atoms with van der Waals surface area (Å²) < 4.78 is 2.41. The fourth-order valence-corrected chi connectivity index (χ4v) is 11.0. The third kappa shape index (κ3) is 6.64. The average molecular weight is 867 g/mol. The van der Waals surface area contributed by atoms with Gasteiger partial charge in [-0.25, -0.2) is 0 Å². The van der Waals surface area contributed by atoms with Crippen LogP contribution in [0, 0.1) is 0 Å². The van der Waals surface area contributed by atoms with Crippen molar-refractivity contribution in [2.45, 2.75) is 12.8 Å². The van der Waals surface area contributed by atoms with Crippen LogP contribution in [-0.2, 0) is 0 Å². The van der Waals surface area contributed by atoms with Crippen LogP contribution in [0.4, 0.5) is 17.1 Å². The van der Waals surface area contributed by atoms with Crippen LogP contribution in [0.15, 0.2) is 249 Å². The lowest BCUT2D eigenvalue weighted by atomic mass is 9.88. The number of anilines is 3. The first-order chi connectivity index (χ1) is 33.8. The van der Waals surface area contributed by atoms with Gasteiger partial charge in [0.15, 0.2) is 0 Å². The molecule has 1 aromatic heterocycles. The first kappa shape index (κ1) is 39.6. The first-order valence-electron chi connectivity index (χ1n) is 23.7. The van der Waals surface area contributed by atoms with Crippen molar-refractivity contribution in [3.63, 3.8) is 0 Å². The summed E-state index contributed by atoms with van der Waals surface area (Å²) in [4.78, 5) is 2.53. The molecule has 0 atom stereocenters. The highest BCUT2D eigenvalue weighted by atomic mass is 15.1. The number of nitrogens with zero attached hydrogens (tertiary/aromatic N) is 2. The topological polar surface area (TPSA) is 8.17 Å². The van der Waals surface area contributed by atoms with Crippen LogP contribution < -0.4 is 15.3 Å². The van der Waals surface area contributed by atoms with Crippen LogP contribution in [0.25, 0.3) is 94.1 Å². The monoisotopic (exact) mass is 866 g/mol. The maximum atomic E-state index is 2.53. The molecule has 0 saturated heterocycles. The minimum Gasteiger partial charge on any atom is -0.309 e. The van der Waals surface area contributed by atoms with Crippen molar-refractivity contribution in [2.75, 3.05) is 4.90 Å². The SMILES string of the molecule is C1=c2cccc(-c3ccccc3)c2=C(c2ccccc2N(c2cccc(-c3ccc4c5ccccc5n(-c5ccccc5)c4c3)c2)c2ccccc2-c2cccc3c2ccc2ccccc23)CC1. The molecule has 0 fully saturated rings. The Balaban J connectivity index is 1.06. The van der Waals surface area contributed by atoms with Crippen LogP contribution in [-0.4, -0.2) is 4.57 Å². The van der Waals surface area contributed by atoms with Crippen molar-refractivity contribution in [2.24, 2.45) is 0 Å². The van der Waals surface area contributed by atoms with Gasteiger partial charge in [0.25, 0.3) is 0 Å². The lowest BCUT2D eigenvalue weighted by Crippen LogP contribution is -2.32. The lowest BCUT2D eigenvalue weighted by molar-refractivity contribution is 1.07. The Labute approximate surface area is 396 Å². The molecular formula is C66H46N2. The summed E-state index contributed by atoms with van der Waals surface area (Å²) >= 11 is 0. The van der Waals surface area contributed by atoms with Gasteiger partial charge in [-0.2, -0.15) is 0 Å². The molecule has 1 aliphatic rings. The van der Waals surface area contributed by atoms with Gasteiger partial charge in [0.05, 0.1) is 22.4 Å². The molecule has 2 heteroatoms. The number of para-hydroxylation sites is 4. The van der Waals surface area contributed by atoms with Crippen molar-refractivity contribution in [1.82, 2.24) is 4.57 Å². The molecule has 0 spiro atoms. The fourth-order valence-electron chi connectivity index (χ4n) is 11.0. The summed E-state index contributed by atoms with van der Waals surface area (Å²) in [6.45, 7) is 0. The zero-order valence-electron chi connectivity index (χ0n) is 37.6. The van der Waals surface area contributed by atoms with Crippen molar-refractivity contribution in [3.8, 4) is 39.1 Å². The lowest BCUT2D eigenvalue weighted by Gasteiger charge is -2.31. The third-order valence-electron chi connectivity index (χ3n) is 14.1. The van der Waals surface area contributed by atoms with Gasteiger partial charge < -0.3 is 9.47 Å². The number of hydrogen-bond donors (Lipinski definition) is 0. The van der Waals surface area contributed by atoms with E-state index < -0.39 is 0 Å². The van der Waals surface area contributed by atoms with Gasteiger partial charge in [0.2, 0.25) is 0 Å². The minimum atomic E-state index is 0.940. The van der Waals surface area contributed by atoms with Crippen LogP contribution in [0.2, 0.25) is 0 Å². The molecular weight excluding hydrogens is 821 g/mol. The van der Waals surface area contributed by atoms with E-state index in [1.165, 1.54) is 92.7 Å². The number of rotatable bonds is 8. The quantitative estimate of drug-likeness (QED) is 0.138. The van der Waals surface area contributed by atoms with Gasteiger partial charge in [0, 0.05) is 33.3 Å². The summed E-state index contributed by atoms with van der Waals surface area (Å²) in [5.74, 6) is 0. The van der Waals surface area contributed by atoms with Crippen molar-refractivity contribution >= 4 is 72.1 Å². The molecule has 0 amide bonds. The van der Waals surface area contributed by atoms with E-state index in [2.05, 4.69) is 264 Å². The average Bonchev–Trinajstić information content (AvgIpc) is 3.75. The molecule has 0 bridgehead atoms. The second kappa shape index (κ2) is 16.6. The normalized spacial score (nSPS) is 12.4. The maximum Gasteiger partial charge on any atom is 0.0547 e. The molecule has 1 aliphatic carbocycles. The summed E-state index contributed by atoms with van der Waals surface area (Å²) in [5, 5.41) is 10.1. The number of benzene rings is 11. The van der Waals surface area contributed by atoms with Gasteiger partial charge >= 0.3 is 0 Å². The molecule has 68 heavy (non-hydrogen) atoms. The highest BCUT2D eigenvalue weighted by Crippen LogP contribution is 2.47. The van der Waals surface area contributed by atoms with E-state index in [9.17, 15) is 0 Å². The highest BCUT2D eigenvalue weighted by molar-refractivity contribution is 6.14. The second-order valence-corrected chi connectivity index (χ2v) is 17.9. The van der Waals surface area contributed by atoms with E-state index in [4.69, 9.17) is 0 Å². The van der Waals surface area contributed by atoms with Gasteiger partial charge in [0.1, 0.15) is 0 Å². The molecule has 12 aromatic rings. The Hall–Kier alpha value is -8.72. The Bertz CT molecular complexity index is 4030. The molecule has 13 rings (SSSR count). The fraction of sp³-hybridized carbons (Fsp3) is 0.0303. The Morgan fingerprint density at radius 1 is 0.353 bits per heavy atom. The maximum absolute atomic E-state index is 2.53. The number of hydrogen-bond acceptors (Lipinski definition) is 1. The zero-order chi connectivity index (χ0) is 45.0. The number of fused-ring (bicyclic) bond motifs is 7. The molecule has 0 unspecified atom stereocenters. The molecule has 0 aliphatic heterocycles. The Morgan fingerprint density at radius 3 is 1.82 bits per heavy atom. The highest BCUT2D eigenvalue weighted by Gasteiger charge is 2.24. The zero-order valence-corrected chi connectivity index (χ0v) is 37.6. The molecule has 0 saturated carbocycles. The first-order valence-corrected chi connectivity index (χ1v) is 23.7. The largest absolute Gasteiger partial charge is 0.309 e. The standard InChI is InChI=1S/C66H46N2/c1-3-19-45(20-4-1)53-32-16-22-47-23-17-35-61(66(47)53)59-31-11-14-38-64(59)68(62-36-12-9-29-57(62)55-34-18-33-54-52-28-8-7-21-46(52)39-41-56(54)55)51-27-15-24-48(43-51)49-40-42-60-58-30-10-13-37-63(58)67(65(60)44-49)50-25-5-2-6-26-50/h1-16,18-34,36-44H,17,35H2. The van der Waals surface area contributed by atoms with E-state index in [0.29, 0.717) is 0 Å². The smallest absolute Gasteiger partial charge is 0.0547 e. The molecule has 11 aromatic carbocycles. The van der Waals surface area contributed by atoms with Crippen LogP contribution in [0.1, 0.15) is 18.4 Å². The van der Waals surface area contributed by atoms with Gasteiger partial charge in [-0.3, -0.25) is 0 Å². The molecule has 0 radical (unpaired) electrons. The van der Waals surface area contributed by atoms with Crippen LogP contribution in [0.3, 0.4) is 0 Å². The van der Waals surface area contributed by atoms with Crippen LogP contribution >= 0.6 is 0 Å². The minimum absolute atomic E-state index is 0.940. The second-order valence-electron chi connectivity index (χ2n) is 17.9. The van der Waals surface area contributed by atoms with Crippen LogP contribution in [0.5, 0.6) is 0 Å². The van der Waals surface area contributed by atoms with E-state index in [1.54, 1.807) is 0 Å². The summed E-state index contributed by atoms with van der Waals surface area (Å²) in [6.07, 6.45) is 4.34. The summed E-state index contributed by atoms with van der Waals surface area (Å²) in [7, 11) is 0. The number of aromatic nitrogens is 1. The van der Waals surface area contributed by atoms with Gasteiger partial charge in [-0.1, -0.05) is 206 Å². The Kier molecular flexibility index (Phi) is 9.68. The van der Waals surface area contributed by atoms with Crippen molar-refractivity contribution in [3.05, 3.63) is 265 Å². The van der Waals surface area contributed by atoms with E-state index in [-0.39, 0.29) is 0 Å². The molecule has 2 nitrogen and oxygen atoms in total. The van der Waals surface area contributed by atoms with Crippen molar-refractivity contribution < 1.29 is 0 Å². The van der Waals surface area contributed by atoms with Gasteiger partial charge in [-0.05, 0) is 127 Å². The van der Waals surface area contributed by atoms with E-state index in [0.717, 1.165) is 41.2 Å². The predicted octanol–water partition coefficient (Wildman–Crippen LogP) is 16.3. The van der Waals surface area contributed by atoms with Gasteiger partial charge in [-0.15, -0.1) is 0 Å².